The van der Waals surface area contributed by atoms with Gasteiger partial charge in [-0.25, -0.2) is 0 Å². The van der Waals surface area contributed by atoms with Crippen LogP contribution < -0.4 is 0 Å². The summed E-state index contributed by atoms with van der Waals surface area (Å²) in [6, 6.07) is 12.6. The van der Waals surface area contributed by atoms with Gasteiger partial charge in [-0.1, -0.05) is 18.2 Å². The summed E-state index contributed by atoms with van der Waals surface area (Å²) in [6.45, 7) is 3.72. The van der Waals surface area contributed by atoms with Crippen LogP contribution in [0.1, 0.15) is 11.3 Å². The number of benzene rings is 1. The summed E-state index contributed by atoms with van der Waals surface area (Å²) >= 11 is 0.868. The third-order valence-corrected chi connectivity index (χ3v) is 4.31. The molecule has 6 heteroatoms. The van der Waals surface area contributed by atoms with Crippen LogP contribution in [0, 0.1) is 11.3 Å². The molecule has 1 aliphatic rings. The van der Waals surface area contributed by atoms with Crippen LogP contribution in [0.15, 0.2) is 58.4 Å². The molecule has 24 heavy (non-hydrogen) atoms. The maximum atomic E-state index is 12.2. The zero-order valence-corrected chi connectivity index (χ0v) is 13.4. The quantitative estimate of drug-likeness (QED) is 0.622. The van der Waals surface area contributed by atoms with Crippen molar-refractivity contribution < 1.29 is 14.0 Å². The molecule has 0 bridgehead atoms. The van der Waals surface area contributed by atoms with Crippen LogP contribution in [0.4, 0.5) is 4.79 Å². The van der Waals surface area contributed by atoms with E-state index in [1.54, 1.807) is 30.3 Å². The predicted molar refractivity (Wildman–Crippen MR) is 91.7 cm³/mol. The molecule has 0 N–H and O–H groups in total. The van der Waals surface area contributed by atoms with Gasteiger partial charge in [0, 0.05) is 18.2 Å². The number of carbonyl (C=O) groups excluding carboxylic acids is 2. The van der Waals surface area contributed by atoms with Gasteiger partial charge in [-0.15, -0.1) is 6.58 Å². The maximum Gasteiger partial charge on any atom is 0.293 e. The smallest absolute Gasteiger partial charge is 0.293 e. The van der Waals surface area contributed by atoms with Crippen molar-refractivity contribution in [2.24, 2.45) is 0 Å². The first-order valence-corrected chi connectivity index (χ1v) is 7.91. The van der Waals surface area contributed by atoms with Crippen LogP contribution in [0.2, 0.25) is 0 Å². The average molecular weight is 336 g/mol. The van der Waals surface area contributed by atoms with Gasteiger partial charge < -0.3 is 4.42 Å². The highest BCUT2D eigenvalue weighted by Crippen LogP contribution is 2.33. The number of thioether (sulfide) groups is 1. The fraction of sp³-hybridized carbons (Fsp3) is 0.0556. The Labute approximate surface area is 142 Å². The van der Waals surface area contributed by atoms with Crippen molar-refractivity contribution in [3.63, 3.8) is 0 Å². The summed E-state index contributed by atoms with van der Waals surface area (Å²) in [5.74, 6) is 0.617. The van der Waals surface area contributed by atoms with Gasteiger partial charge in [0.25, 0.3) is 11.1 Å². The van der Waals surface area contributed by atoms with E-state index in [1.807, 2.05) is 6.07 Å². The van der Waals surface area contributed by atoms with Gasteiger partial charge in [0.2, 0.25) is 0 Å². The second kappa shape index (κ2) is 6.60. The first kappa shape index (κ1) is 15.8. The van der Waals surface area contributed by atoms with Gasteiger partial charge in [-0.05, 0) is 36.0 Å². The van der Waals surface area contributed by atoms with Crippen LogP contribution in [-0.2, 0) is 4.79 Å². The molecule has 1 fully saturated rings. The van der Waals surface area contributed by atoms with E-state index in [1.165, 1.54) is 12.2 Å². The van der Waals surface area contributed by atoms with Crippen molar-refractivity contribution >= 4 is 29.0 Å². The molecule has 1 aromatic heterocycles. The molecule has 1 aliphatic heterocycles. The molecule has 1 saturated heterocycles. The van der Waals surface area contributed by atoms with Crippen molar-refractivity contribution in [1.82, 2.24) is 4.90 Å². The lowest BCUT2D eigenvalue weighted by Gasteiger charge is -2.07. The summed E-state index contributed by atoms with van der Waals surface area (Å²) in [4.78, 5) is 25.4. The number of hydrogen-bond acceptors (Lipinski definition) is 5. The lowest BCUT2D eigenvalue weighted by atomic mass is 10.1. The van der Waals surface area contributed by atoms with Crippen molar-refractivity contribution in [1.29, 1.82) is 5.26 Å². The van der Waals surface area contributed by atoms with Crippen LogP contribution in [0.5, 0.6) is 0 Å². The largest absolute Gasteiger partial charge is 0.457 e. The van der Waals surface area contributed by atoms with Gasteiger partial charge in [0.15, 0.2) is 0 Å². The SMILES string of the molecule is C=CCN1C(=O)S/C(=C\c2ccc(-c3ccccc3C#N)o2)C1=O. The van der Waals surface area contributed by atoms with E-state index in [0.29, 0.717) is 27.6 Å². The standard InChI is InChI=1S/C18H12N2O3S/c1-2-9-20-17(21)16(24-18(20)22)10-13-7-8-15(23-13)14-6-4-3-5-12(14)11-19/h2-8,10H,1,9H2/b16-10-. The summed E-state index contributed by atoms with van der Waals surface area (Å²) in [7, 11) is 0. The lowest BCUT2D eigenvalue weighted by molar-refractivity contribution is -0.122. The van der Waals surface area contributed by atoms with Gasteiger partial charge in [0.05, 0.1) is 16.5 Å². The minimum atomic E-state index is -0.361. The Balaban J connectivity index is 1.90. The molecular weight excluding hydrogens is 324 g/mol. The topological polar surface area (TPSA) is 74.3 Å². The minimum absolute atomic E-state index is 0.182. The van der Waals surface area contributed by atoms with Crippen LogP contribution in [0.25, 0.3) is 17.4 Å². The second-order valence-electron chi connectivity index (χ2n) is 4.94. The number of imide groups is 1. The summed E-state index contributed by atoms with van der Waals surface area (Å²) in [5, 5.41) is 8.83. The second-order valence-corrected chi connectivity index (χ2v) is 5.93. The zero-order chi connectivity index (χ0) is 17.1. The van der Waals surface area contributed by atoms with Crippen LogP contribution in [-0.4, -0.2) is 22.6 Å². The molecule has 118 valence electrons. The Morgan fingerprint density at radius 2 is 2.04 bits per heavy atom. The fourth-order valence-corrected chi connectivity index (χ4v) is 3.11. The van der Waals surface area contributed by atoms with Crippen LogP contribution in [0.3, 0.4) is 0 Å². The Morgan fingerprint density at radius 3 is 2.79 bits per heavy atom. The molecule has 3 rings (SSSR count). The van der Waals surface area contributed by atoms with E-state index >= 15 is 0 Å². The molecule has 0 unspecified atom stereocenters. The Morgan fingerprint density at radius 1 is 1.25 bits per heavy atom. The number of carbonyl (C=O) groups is 2. The van der Waals surface area contributed by atoms with E-state index in [0.717, 1.165) is 16.7 Å². The Hall–Kier alpha value is -3.04. The molecule has 0 saturated carbocycles. The third kappa shape index (κ3) is 2.90. The Bertz CT molecular complexity index is 905. The molecule has 0 spiro atoms. The monoisotopic (exact) mass is 336 g/mol. The number of rotatable bonds is 4. The first-order valence-electron chi connectivity index (χ1n) is 7.09. The Kier molecular flexibility index (Phi) is 4.36. The lowest BCUT2D eigenvalue weighted by Crippen LogP contribution is -2.27. The third-order valence-electron chi connectivity index (χ3n) is 3.40. The van der Waals surface area contributed by atoms with E-state index in [-0.39, 0.29) is 17.7 Å². The van der Waals surface area contributed by atoms with Crippen molar-refractivity contribution in [2.75, 3.05) is 6.54 Å². The fourth-order valence-electron chi connectivity index (χ4n) is 2.29. The number of amides is 2. The zero-order valence-electron chi connectivity index (χ0n) is 12.6. The number of nitrogens with zero attached hydrogens (tertiary/aromatic N) is 2. The molecule has 2 aromatic rings. The van der Waals surface area contributed by atoms with E-state index in [9.17, 15) is 9.59 Å². The minimum Gasteiger partial charge on any atom is -0.457 e. The highest BCUT2D eigenvalue weighted by Gasteiger charge is 2.34. The number of furan rings is 1. The maximum absolute atomic E-state index is 12.2. The molecular formula is C18H12N2O3S. The molecule has 1 aromatic carbocycles. The van der Waals surface area contributed by atoms with Gasteiger partial charge >= 0.3 is 0 Å². The van der Waals surface area contributed by atoms with E-state index in [4.69, 9.17) is 9.68 Å². The summed E-state index contributed by atoms with van der Waals surface area (Å²) < 4.78 is 5.71. The van der Waals surface area contributed by atoms with Gasteiger partial charge in [-0.2, -0.15) is 5.26 Å². The normalized spacial score (nSPS) is 15.8. The van der Waals surface area contributed by atoms with E-state index in [2.05, 4.69) is 12.6 Å². The highest BCUT2D eigenvalue weighted by molar-refractivity contribution is 8.18. The molecule has 2 amide bonds. The van der Waals surface area contributed by atoms with Crippen molar-refractivity contribution in [3.8, 4) is 17.4 Å². The molecule has 5 nitrogen and oxygen atoms in total. The molecule has 0 aliphatic carbocycles. The molecule has 0 atom stereocenters. The van der Waals surface area contributed by atoms with E-state index < -0.39 is 0 Å². The molecule has 0 radical (unpaired) electrons. The number of hydrogen-bond donors (Lipinski definition) is 0. The van der Waals surface area contributed by atoms with Crippen LogP contribution >= 0.6 is 11.8 Å². The summed E-state index contributed by atoms with van der Waals surface area (Å²) in [5.41, 5.74) is 1.18. The highest BCUT2D eigenvalue weighted by atomic mass is 32.2. The number of nitriles is 1. The first-order chi connectivity index (χ1) is 11.6. The van der Waals surface area contributed by atoms with Crippen molar-refractivity contribution in [3.05, 3.63) is 65.3 Å². The van der Waals surface area contributed by atoms with Gasteiger partial charge in [-0.3, -0.25) is 14.5 Å². The molecule has 2 heterocycles. The average Bonchev–Trinajstić information content (AvgIpc) is 3.15. The predicted octanol–water partition coefficient (Wildman–Crippen LogP) is 4.04. The van der Waals surface area contributed by atoms with Gasteiger partial charge in [0.1, 0.15) is 11.5 Å². The van der Waals surface area contributed by atoms with Crippen molar-refractivity contribution in [2.45, 2.75) is 0 Å². The summed E-state index contributed by atoms with van der Waals surface area (Å²) in [6.07, 6.45) is 3.04.